The summed E-state index contributed by atoms with van der Waals surface area (Å²) >= 11 is 14.6. The second kappa shape index (κ2) is 18.4. The average Bonchev–Trinajstić information content (AvgIpc) is 2.90. The number of sulfone groups is 1. The fourth-order valence-corrected chi connectivity index (χ4v) is 4.59. The van der Waals surface area contributed by atoms with Gasteiger partial charge in [-0.25, -0.2) is 18.4 Å². The maximum absolute atomic E-state index is 12.3. The van der Waals surface area contributed by atoms with E-state index in [1.165, 1.54) is 73.1 Å². The molecule has 2 heterocycles. The SMILES string of the molecule is C.O=Cc1cccnc1Cl.O=Cc1cccnc1S(=O)(=O)c1ccc(Cl)cc1.O=S([O-])c1ccc(Cl)cc1.[Na+]. The molecule has 0 spiro atoms. The van der Waals surface area contributed by atoms with E-state index in [1.54, 1.807) is 12.1 Å². The number of nitrogens with zero attached hydrogens (tertiary/aromatic N) is 2. The number of carbonyl (C=O) groups is 2. The first-order valence-corrected chi connectivity index (χ1v) is 13.6. The van der Waals surface area contributed by atoms with E-state index in [0.29, 0.717) is 28.2 Å². The van der Waals surface area contributed by atoms with Gasteiger partial charge in [-0.05, 0) is 83.9 Å². The van der Waals surface area contributed by atoms with Crippen LogP contribution in [0.4, 0.5) is 0 Å². The molecule has 4 aromatic rings. The molecule has 2 aromatic carbocycles. The van der Waals surface area contributed by atoms with Crippen LogP contribution < -0.4 is 29.6 Å². The molecule has 14 heteroatoms. The molecule has 39 heavy (non-hydrogen) atoms. The third kappa shape index (κ3) is 11.6. The van der Waals surface area contributed by atoms with Gasteiger partial charge in [0, 0.05) is 27.3 Å². The van der Waals surface area contributed by atoms with Crippen LogP contribution in [0.3, 0.4) is 0 Å². The standard InChI is InChI=1S/C12H8ClNO3S.C6H4ClNO.C6H5ClO2S.CH4.Na/c13-10-3-5-11(6-4-10)18(16,17)12-9(8-15)2-1-7-14-12;7-6-5(4-9)2-1-3-8-6;7-5-1-3-6(4-2-5)10(8)9;;/h1-8H;1-4H;1-4H,(H,8,9);1H4;/q;;;;+1/p-1. The number of hydrogen-bond donors (Lipinski definition) is 0. The molecule has 1 unspecified atom stereocenters. The number of benzene rings is 2. The minimum Gasteiger partial charge on any atom is -0.768 e. The van der Waals surface area contributed by atoms with Crippen molar-refractivity contribution < 1.29 is 56.3 Å². The molecule has 0 aliphatic heterocycles. The molecule has 200 valence electrons. The predicted molar refractivity (Wildman–Crippen MR) is 147 cm³/mol. The molecule has 0 radical (unpaired) electrons. The van der Waals surface area contributed by atoms with Gasteiger partial charge in [-0.2, -0.15) is 0 Å². The van der Waals surface area contributed by atoms with E-state index < -0.39 is 20.9 Å². The third-order valence-corrected chi connectivity index (χ3v) is 7.45. The molecule has 0 N–H and O–H groups in total. The maximum atomic E-state index is 12.3. The van der Waals surface area contributed by atoms with E-state index in [2.05, 4.69) is 9.97 Å². The van der Waals surface area contributed by atoms with Crippen molar-refractivity contribution in [1.29, 1.82) is 0 Å². The predicted octanol–water partition coefficient (Wildman–Crippen LogP) is 3.15. The van der Waals surface area contributed by atoms with E-state index in [-0.39, 0.29) is 62.5 Å². The molecular formula is C25H20Cl3N2NaO6S2. The van der Waals surface area contributed by atoms with Gasteiger partial charge in [0.1, 0.15) is 5.15 Å². The number of halogens is 3. The fourth-order valence-electron chi connectivity index (χ4n) is 2.47. The zero-order valence-electron chi connectivity index (χ0n) is 19.5. The van der Waals surface area contributed by atoms with Crippen LogP contribution in [-0.2, 0) is 20.9 Å². The van der Waals surface area contributed by atoms with Crippen molar-refractivity contribution in [2.24, 2.45) is 0 Å². The van der Waals surface area contributed by atoms with Gasteiger partial charge in [-0.15, -0.1) is 0 Å². The van der Waals surface area contributed by atoms with Gasteiger partial charge >= 0.3 is 29.6 Å². The number of carbonyl (C=O) groups excluding carboxylic acids is 2. The first-order chi connectivity index (χ1) is 17.6. The monoisotopic (exact) mass is 636 g/mol. The zero-order valence-corrected chi connectivity index (χ0v) is 25.4. The maximum Gasteiger partial charge on any atom is 1.00 e. The van der Waals surface area contributed by atoms with Crippen molar-refractivity contribution in [2.75, 3.05) is 0 Å². The Kier molecular flexibility index (Phi) is 17.4. The van der Waals surface area contributed by atoms with Crippen molar-refractivity contribution in [2.45, 2.75) is 22.2 Å². The van der Waals surface area contributed by atoms with Crippen LogP contribution in [0.5, 0.6) is 0 Å². The summed E-state index contributed by atoms with van der Waals surface area (Å²) in [5.74, 6) is 0. The number of rotatable bonds is 5. The Bertz CT molecular complexity index is 1490. The number of aldehydes is 2. The topological polar surface area (TPSA) is 134 Å². The Hall–Kier alpha value is -1.99. The molecule has 2 aromatic heterocycles. The zero-order chi connectivity index (χ0) is 27.4. The van der Waals surface area contributed by atoms with E-state index in [9.17, 15) is 26.8 Å². The Labute approximate surface area is 266 Å². The number of pyridine rings is 2. The summed E-state index contributed by atoms with van der Waals surface area (Å²) in [7, 11) is -3.80. The van der Waals surface area contributed by atoms with Crippen molar-refractivity contribution in [3.8, 4) is 0 Å². The molecule has 0 fully saturated rings. The van der Waals surface area contributed by atoms with Gasteiger partial charge in [0.25, 0.3) is 0 Å². The summed E-state index contributed by atoms with van der Waals surface area (Å²) in [6.07, 6.45) is 4.01. The molecular weight excluding hydrogens is 618 g/mol. The molecule has 1 atom stereocenters. The van der Waals surface area contributed by atoms with Gasteiger partial charge in [0.15, 0.2) is 17.6 Å². The average molecular weight is 638 g/mol. The van der Waals surface area contributed by atoms with E-state index in [4.69, 9.17) is 34.8 Å². The first kappa shape index (κ1) is 37.0. The van der Waals surface area contributed by atoms with Crippen LogP contribution in [-0.4, -0.2) is 39.7 Å². The van der Waals surface area contributed by atoms with Crippen LogP contribution in [0.25, 0.3) is 0 Å². The molecule has 0 bridgehead atoms. The smallest absolute Gasteiger partial charge is 0.768 e. The molecule has 8 nitrogen and oxygen atoms in total. The Morgan fingerprint density at radius 1 is 0.744 bits per heavy atom. The quantitative estimate of drug-likeness (QED) is 0.141. The van der Waals surface area contributed by atoms with E-state index >= 15 is 0 Å². The molecule has 0 saturated carbocycles. The molecule has 0 amide bonds. The van der Waals surface area contributed by atoms with E-state index in [1.807, 2.05) is 0 Å². The molecule has 0 aliphatic carbocycles. The Morgan fingerprint density at radius 2 is 1.21 bits per heavy atom. The van der Waals surface area contributed by atoms with Crippen molar-refractivity contribution >= 4 is 68.3 Å². The van der Waals surface area contributed by atoms with Crippen LogP contribution in [0.15, 0.2) is 100 Å². The van der Waals surface area contributed by atoms with Crippen molar-refractivity contribution in [3.05, 3.63) is 112 Å². The molecule has 0 aliphatic rings. The van der Waals surface area contributed by atoms with E-state index in [0.717, 1.165) is 0 Å². The van der Waals surface area contributed by atoms with Crippen LogP contribution in [0, 0.1) is 0 Å². The summed E-state index contributed by atoms with van der Waals surface area (Å²) in [6, 6.07) is 17.8. The minimum absolute atomic E-state index is 0. The summed E-state index contributed by atoms with van der Waals surface area (Å²) in [5, 5.41) is 0.981. The minimum atomic E-state index is -3.80. The summed E-state index contributed by atoms with van der Waals surface area (Å²) in [4.78, 5) is 28.7. The summed E-state index contributed by atoms with van der Waals surface area (Å²) in [6.45, 7) is 0. The first-order valence-electron chi connectivity index (χ1n) is 9.91. The van der Waals surface area contributed by atoms with Crippen molar-refractivity contribution in [1.82, 2.24) is 9.97 Å². The second-order valence-corrected chi connectivity index (χ2v) is 10.7. The number of aromatic nitrogens is 2. The fraction of sp³-hybridized carbons (Fsp3) is 0.0400. The van der Waals surface area contributed by atoms with Crippen LogP contribution >= 0.6 is 34.8 Å². The van der Waals surface area contributed by atoms with Crippen molar-refractivity contribution in [3.63, 3.8) is 0 Å². The van der Waals surface area contributed by atoms with Gasteiger partial charge in [0.2, 0.25) is 9.84 Å². The number of hydrogen-bond acceptors (Lipinski definition) is 8. The Balaban J connectivity index is 0.000000589. The van der Waals surface area contributed by atoms with Crippen LogP contribution in [0.2, 0.25) is 15.2 Å². The van der Waals surface area contributed by atoms with Gasteiger partial charge in [-0.1, -0.05) is 42.2 Å². The Morgan fingerprint density at radius 3 is 1.64 bits per heavy atom. The normalized spacial score (nSPS) is 10.6. The van der Waals surface area contributed by atoms with Gasteiger partial charge in [0.05, 0.1) is 16.0 Å². The van der Waals surface area contributed by atoms with Gasteiger partial charge in [-0.3, -0.25) is 13.8 Å². The van der Waals surface area contributed by atoms with Crippen LogP contribution in [0.1, 0.15) is 28.1 Å². The largest absolute Gasteiger partial charge is 1.00 e. The summed E-state index contributed by atoms with van der Waals surface area (Å²) in [5.41, 5.74) is 0.464. The summed E-state index contributed by atoms with van der Waals surface area (Å²) < 4.78 is 45.1. The molecule has 4 rings (SSSR count). The van der Waals surface area contributed by atoms with Gasteiger partial charge < -0.3 is 4.55 Å². The third-order valence-electron chi connectivity index (χ3n) is 4.23. The molecule has 0 saturated heterocycles. The second-order valence-electron chi connectivity index (χ2n) is 6.66.